The zero-order chi connectivity index (χ0) is 12.3. The lowest BCUT2D eigenvalue weighted by Crippen LogP contribution is -2.26. The molecule has 0 heterocycles. The second kappa shape index (κ2) is 4.64. The van der Waals surface area contributed by atoms with E-state index in [0.717, 1.165) is 0 Å². The van der Waals surface area contributed by atoms with E-state index < -0.39 is 5.41 Å². The van der Waals surface area contributed by atoms with Crippen molar-refractivity contribution in [2.45, 2.75) is 27.7 Å². The summed E-state index contributed by atoms with van der Waals surface area (Å²) in [6.07, 6.45) is 0. The van der Waals surface area contributed by atoms with E-state index in [4.69, 9.17) is 4.74 Å². The molecule has 1 aromatic carbocycles. The summed E-state index contributed by atoms with van der Waals surface area (Å²) in [4.78, 5) is 11.6. The van der Waals surface area contributed by atoms with Crippen molar-refractivity contribution in [1.82, 2.24) is 0 Å². The molecule has 0 amide bonds. The molecule has 0 aliphatic rings. The van der Waals surface area contributed by atoms with E-state index in [1.165, 1.54) is 6.07 Å². The number of carbonyl (C=O) groups excluding carboxylic acids is 1. The molecule has 0 spiro atoms. The number of aryl methyl sites for hydroxylation is 1. The van der Waals surface area contributed by atoms with E-state index in [-0.39, 0.29) is 18.2 Å². The average molecular weight is 224 g/mol. The summed E-state index contributed by atoms with van der Waals surface area (Å²) in [6.45, 7) is 7.14. The lowest BCUT2D eigenvalue weighted by atomic mass is 9.91. The minimum absolute atomic E-state index is 0.00603. The molecule has 0 radical (unpaired) electrons. The molecule has 0 saturated heterocycles. The van der Waals surface area contributed by atoms with Gasteiger partial charge in [-0.15, -0.1) is 0 Å². The molecule has 0 fully saturated rings. The first kappa shape index (κ1) is 12.7. The van der Waals surface area contributed by atoms with Gasteiger partial charge in [-0.2, -0.15) is 0 Å². The Balaban J connectivity index is 2.62. The number of ether oxygens (including phenoxy) is 1. The van der Waals surface area contributed by atoms with Crippen molar-refractivity contribution in [2.75, 3.05) is 6.61 Å². The Morgan fingerprint density at radius 2 is 2.00 bits per heavy atom. The third-order valence-corrected chi connectivity index (χ3v) is 2.35. The van der Waals surface area contributed by atoms with E-state index in [2.05, 4.69) is 0 Å². The molecule has 1 rings (SSSR count). The minimum Gasteiger partial charge on any atom is -0.486 e. The lowest BCUT2D eigenvalue weighted by Gasteiger charge is -2.16. The molecule has 0 N–H and O–H groups in total. The van der Waals surface area contributed by atoms with Gasteiger partial charge in [-0.1, -0.05) is 26.8 Å². The Morgan fingerprint density at radius 1 is 1.38 bits per heavy atom. The highest BCUT2D eigenvalue weighted by molar-refractivity contribution is 5.85. The number of benzene rings is 1. The molecule has 0 aromatic heterocycles. The molecule has 0 saturated carbocycles. The van der Waals surface area contributed by atoms with Crippen LogP contribution in [0.15, 0.2) is 18.2 Å². The minimum atomic E-state index is -0.427. The van der Waals surface area contributed by atoms with Crippen LogP contribution in [-0.4, -0.2) is 12.4 Å². The Hall–Kier alpha value is -1.38. The number of rotatable bonds is 3. The van der Waals surface area contributed by atoms with Gasteiger partial charge in [-0.25, -0.2) is 4.39 Å². The van der Waals surface area contributed by atoms with Gasteiger partial charge in [-0.3, -0.25) is 4.79 Å². The van der Waals surface area contributed by atoms with Crippen molar-refractivity contribution in [2.24, 2.45) is 5.41 Å². The summed E-state index contributed by atoms with van der Waals surface area (Å²) in [5, 5.41) is 0. The van der Waals surface area contributed by atoms with Crippen LogP contribution < -0.4 is 4.74 Å². The Kier molecular flexibility index (Phi) is 3.68. The number of carbonyl (C=O) groups is 1. The maximum absolute atomic E-state index is 13.2. The Bertz CT molecular complexity index is 391. The van der Waals surface area contributed by atoms with Crippen LogP contribution >= 0.6 is 0 Å². The number of halogens is 1. The predicted molar refractivity (Wildman–Crippen MR) is 61.1 cm³/mol. The summed E-state index contributed by atoms with van der Waals surface area (Å²) in [5.41, 5.74) is 0.137. The Morgan fingerprint density at radius 3 is 2.50 bits per heavy atom. The molecule has 2 nitrogen and oxygen atoms in total. The molecule has 16 heavy (non-hydrogen) atoms. The van der Waals surface area contributed by atoms with Gasteiger partial charge in [0.2, 0.25) is 0 Å². The molecule has 0 bridgehead atoms. The van der Waals surface area contributed by atoms with Gasteiger partial charge in [0, 0.05) is 11.5 Å². The first-order valence-corrected chi connectivity index (χ1v) is 5.23. The van der Waals surface area contributed by atoms with Crippen LogP contribution in [0.2, 0.25) is 0 Å². The standard InChI is InChI=1S/C13H17FO2/c1-9-5-6-10(7-11(9)14)16-8-12(15)13(2,3)4/h5-7H,8H2,1-4H3. The third kappa shape index (κ3) is 3.33. The van der Waals surface area contributed by atoms with Crippen molar-refractivity contribution in [3.8, 4) is 5.75 Å². The fourth-order valence-electron chi connectivity index (χ4n) is 1.03. The van der Waals surface area contributed by atoms with Crippen molar-refractivity contribution in [1.29, 1.82) is 0 Å². The number of Topliss-reactive ketones (excluding diaryl/α,β-unsaturated/α-hetero) is 1. The van der Waals surface area contributed by atoms with Crippen LogP contribution in [0.5, 0.6) is 5.75 Å². The molecule has 1 aromatic rings. The van der Waals surface area contributed by atoms with Gasteiger partial charge in [0.05, 0.1) is 0 Å². The second-order valence-electron chi connectivity index (χ2n) is 4.87. The van der Waals surface area contributed by atoms with Crippen LogP contribution in [-0.2, 0) is 4.79 Å². The van der Waals surface area contributed by atoms with E-state index in [1.54, 1.807) is 19.1 Å². The molecule has 0 unspecified atom stereocenters. The second-order valence-corrected chi connectivity index (χ2v) is 4.87. The fourth-order valence-corrected chi connectivity index (χ4v) is 1.03. The number of hydrogen-bond acceptors (Lipinski definition) is 2. The van der Waals surface area contributed by atoms with Crippen molar-refractivity contribution in [3.63, 3.8) is 0 Å². The summed E-state index contributed by atoms with van der Waals surface area (Å²) in [6, 6.07) is 4.59. The quantitative estimate of drug-likeness (QED) is 0.788. The van der Waals surface area contributed by atoms with E-state index >= 15 is 0 Å². The molecule has 0 atom stereocenters. The van der Waals surface area contributed by atoms with Crippen LogP contribution in [0.3, 0.4) is 0 Å². The summed E-state index contributed by atoms with van der Waals surface area (Å²) < 4.78 is 18.4. The largest absolute Gasteiger partial charge is 0.486 e. The summed E-state index contributed by atoms with van der Waals surface area (Å²) in [7, 11) is 0. The van der Waals surface area contributed by atoms with Crippen LogP contribution in [0, 0.1) is 18.2 Å². The number of ketones is 1. The van der Waals surface area contributed by atoms with E-state index in [1.807, 2.05) is 20.8 Å². The van der Waals surface area contributed by atoms with Crippen LogP contribution in [0.25, 0.3) is 0 Å². The van der Waals surface area contributed by atoms with Crippen molar-refractivity contribution >= 4 is 5.78 Å². The summed E-state index contributed by atoms with van der Waals surface area (Å²) >= 11 is 0. The first-order chi connectivity index (χ1) is 7.30. The zero-order valence-electron chi connectivity index (χ0n) is 10.1. The highest BCUT2D eigenvalue weighted by Gasteiger charge is 2.21. The topological polar surface area (TPSA) is 26.3 Å². The van der Waals surface area contributed by atoms with Gasteiger partial charge < -0.3 is 4.74 Å². The molecular weight excluding hydrogens is 207 g/mol. The van der Waals surface area contributed by atoms with Gasteiger partial charge >= 0.3 is 0 Å². The SMILES string of the molecule is Cc1ccc(OCC(=O)C(C)(C)C)cc1F. The summed E-state index contributed by atoms with van der Waals surface area (Å²) in [5.74, 6) is 0.0647. The van der Waals surface area contributed by atoms with Crippen molar-refractivity contribution < 1.29 is 13.9 Å². The third-order valence-electron chi connectivity index (χ3n) is 2.35. The molecule has 88 valence electrons. The van der Waals surface area contributed by atoms with Crippen LogP contribution in [0.4, 0.5) is 4.39 Å². The lowest BCUT2D eigenvalue weighted by molar-refractivity contribution is -0.128. The van der Waals surface area contributed by atoms with Crippen LogP contribution in [0.1, 0.15) is 26.3 Å². The van der Waals surface area contributed by atoms with Gasteiger partial charge in [0.1, 0.15) is 18.2 Å². The highest BCUT2D eigenvalue weighted by Crippen LogP contribution is 2.18. The van der Waals surface area contributed by atoms with Gasteiger partial charge in [0.25, 0.3) is 0 Å². The first-order valence-electron chi connectivity index (χ1n) is 5.23. The molecule has 3 heteroatoms. The van der Waals surface area contributed by atoms with E-state index in [0.29, 0.717) is 11.3 Å². The molecule has 0 aliphatic heterocycles. The zero-order valence-corrected chi connectivity index (χ0v) is 10.1. The number of hydrogen-bond donors (Lipinski definition) is 0. The van der Waals surface area contributed by atoms with Gasteiger partial charge in [-0.05, 0) is 18.6 Å². The predicted octanol–water partition coefficient (Wildman–Crippen LogP) is 3.13. The maximum Gasteiger partial charge on any atom is 0.175 e. The smallest absolute Gasteiger partial charge is 0.175 e. The van der Waals surface area contributed by atoms with Crippen molar-refractivity contribution in [3.05, 3.63) is 29.6 Å². The fraction of sp³-hybridized carbons (Fsp3) is 0.462. The maximum atomic E-state index is 13.2. The van der Waals surface area contributed by atoms with Gasteiger partial charge in [0.15, 0.2) is 5.78 Å². The van der Waals surface area contributed by atoms with E-state index in [9.17, 15) is 9.18 Å². The average Bonchev–Trinajstić information content (AvgIpc) is 2.18. The highest BCUT2D eigenvalue weighted by atomic mass is 19.1. The normalized spacial score (nSPS) is 11.3. The Labute approximate surface area is 95.4 Å². The molecule has 0 aliphatic carbocycles. The monoisotopic (exact) mass is 224 g/mol. The molecular formula is C13H17FO2.